The molecule has 45 heavy (non-hydrogen) atoms. The van der Waals surface area contributed by atoms with E-state index < -0.39 is 11.9 Å². The zero-order valence-corrected chi connectivity index (χ0v) is 33.8. The molecule has 0 spiro atoms. The van der Waals surface area contributed by atoms with Gasteiger partial charge in [0.25, 0.3) is 0 Å². The summed E-state index contributed by atoms with van der Waals surface area (Å²) >= 11 is 0. The zero-order valence-electron chi connectivity index (χ0n) is 31.0. The minimum absolute atomic E-state index is 0. The van der Waals surface area contributed by atoms with Crippen molar-refractivity contribution in [3.63, 3.8) is 0 Å². The van der Waals surface area contributed by atoms with Gasteiger partial charge in [-0.15, -0.1) is 0 Å². The summed E-state index contributed by atoms with van der Waals surface area (Å²) in [5, 5.41) is 18.6. The predicted octanol–water partition coefficient (Wildman–Crippen LogP) is 13.6. The fraction of sp³-hybridized carbons (Fsp3) is 0.950. The molecule has 4 radical (unpaired) electrons. The molecule has 0 aliphatic carbocycles. The Morgan fingerprint density at radius 1 is 0.333 bits per heavy atom. The summed E-state index contributed by atoms with van der Waals surface area (Å²) < 4.78 is 0. The van der Waals surface area contributed by atoms with E-state index in [9.17, 15) is 19.8 Å². The second-order valence-corrected chi connectivity index (χ2v) is 13.7. The first-order chi connectivity index (χ1) is 21.4. The first kappa shape index (κ1) is 49.1. The van der Waals surface area contributed by atoms with Gasteiger partial charge in [-0.25, -0.2) is 0 Å². The summed E-state index contributed by atoms with van der Waals surface area (Å²) in [5.74, 6) is -1.33. The molecule has 0 aromatic rings. The van der Waals surface area contributed by atoms with Gasteiger partial charge in [-0.1, -0.05) is 207 Å². The third-order valence-corrected chi connectivity index (χ3v) is 9.32. The van der Waals surface area contributed by atoms with Crippen LogP contribution in [0.3, 0.4) is 0 Å². The maximum Gasteiger partial charge on any atom is 0.306 e. The van der Waals surface area contributed by atoms with E-state index in [2.05, 4.69) is 27.7 Å². The molecule has 0 bridgehead atoms. The fourth-order valence-electron chi connectivity index (χ4n) is 6.17. The summed E-state index contributed by atoms with van der Waals surface area (Å²) in [6.07, 6.45) is 39.1. The maximum absolute atomic E-state index is 11.3. The van der Waals surface area contributed by atoms with Crippen LogP contribution in [0.5, 0.6) is 0 Å². The van der Waals surface area contributed by atoms with E-state index in [4.69, 9.17) is 0 Å². The molecule has 0 amide bonds. The molecule has 4 nitrogen and oxygen atoms in total. The minimum Gasteiger partial charge on any atom is -0.481 e. The number of hydrogen-bond acceptors (Lipinski definition) is 2. The minimum atomic E-state index is -0.573. The van der Waals surface area contributed by atoms with Crippen LogP contribution >= 0.6 is 0 Å². The van der Waals surface area contributed by atoms with E-state index in [-0.39, 0.29) is 35.7 Å². The molecule has 0 saturated carbocycles. The van der Waals surface area contributed by atoms with Crippen molar-refractivity contribution in [2.75, 3.05) is 0 Å². The monoisotopic (exact) mass is 745 g/mol. The molecular weight excluding hydrogens is 663 g/mol. The molecule has 2 atom stereocenters. The van der Waals surface area contributed by atoms with Gasteiger partial charge in [0, 0.05) is 23.9 Å². The molecule has 0 rings (SSSR count). The Morgan fingerprint density at radius 3 is 0.644 bits per heavy atom. The quantitative estimate of drug-likeness (QED) is 0.0508. The topological polar surface area (TPSA) is 74.6 Å². The van der Waals surface area contributed by atoms with Crippen LogP contribution in [0, 0.1) is 11.8 Å². The Morgan fingerprint density at radius 2 is 0.489 bits per heavy atom. The average Bonchev–Trinajstić information content (AvgIpc) is 3.01. The van der Waals surface area contributed by atoms with Crippen LogP contribution in [0.4, 0.5) is 0 Å². The number of aliphatic carboxylic acids is 2. The third-order valence-electron chi connectivity index (χ3n) is 9.32. The molecule has 0 saturated heterocycles. The summed E-state index contributed by atoms with van der Waals surface area (Å²) in [6, 6.07) is 0. The second-order valence-electron chi connectivity index (χ2n) is 13.7. The van der Waals surface area contributed by atoms with Crippen LogP contribution in [0.1, 0.15) is 233 Å². The van der Waals surface area contributed by atoms with Crippen molar-refractivity contribution >= 4 is 35.8 Å². The van der Waals surface area contributed by atoms with Crippen molar-refractivity contribution in [2.24, 2.45) is 11.8 Å². The molecule has 0 aromatic heterocycles. The van der Waals surface area contributed by atoms with Gasteiger partial charge in [-0.2, -0.15) is 0 Å². The molecule has 0 fully saturated rings. The zero-order chi connectivity index (χ0) is 32.9. The second kappa shape index (κ2) is 41.8. The van der Waals surface area contributed by atoms with Crippen LogP contribution < -0.4 is 0 Å². The van der Waals surface area contributed by atoms with Crippen LogP contribution in [-0.2, 0) is 9.59 Å². The molecule has 2 N–H and O–H groups in total. The van der Waals surface area contributed by atoms with Crippen LogP contribution in [-0.4, -0.2) is 46.1 Å². The van der Waals surface area contributed by atoms with Crippen molar-refractivity contribution in [2.45, 2.75) is 233 Å². The molecule has 0 aliphatic rings. The van der Waals surface area contributed by atoms with Gasteiger partial charge in [0.2, 0.25) is 0 Å². The SMILES string of the molecule is CCCCCCCCCCC(CCCCCCCC)C(=O)O.CCCCCCCCCCC(CCCCCCCC)C(=O)O.[Sn]. The summed E-state index contributed by atoms with van der Waals surface area (Å²) in [6.45, 7) is 8.94. The van der Waals surface area contributed by atoms with Crippen LogP contribution in [0.2, 0.25) is 0 Å². The van der Waals surface area contributed by atoms with E-state index in [0.717, 1.165) is 51.4 Å². The van der Waals surface area contributed by atoms with E-state index in [1.165, 1.54) is 154 Å². The van der Waals surface area contributed by atoms with E-state index in [1.54, 1.807) is 0 Å². The molecule has 2 unspecified atom stereocenters. The Balaban J connectivity index is -0.000000767. The normalized spacial score (nSPS) is 12.2. The Hall–Kier alpha value is -0.261. The Kier molecular flexibility index (Phi) is 45.6. The molecular formula is C40H80O4Sn. The van der Waals surface area contributed by atoms with Crippen molar-refractivity contribution in [1.82, 2.24) is 0 Å². The standard InChI is InChI=1S/2C20H40O2.Sn/c2*1-3-5-7-9-11-12-14-16-18-19(20(21)22)17-15-13-10-8-6-4-2;/h2*19H,3-18H2,1-2H3,(H,21,22);. The van der Waals surface area contributed by atoms with E-state index in [1.807, 2.05) is 0 Å². The third kappa shape index (κ3) is 39.8. The predicted molar refractivity (Wildman–Crippen MR) is 198 cm³/mol. The van der Waals surface area contributed by atoms with Crippen LogP contribution in [0.25, 0.3) is 0 Å². The number of carboxylic acid groups (broad SMARTS) is 2. The van der Waals surface area contributed by atoms with Gasteiger partial charge < -0.3 is 10.2 Å². The van der Waals surface area contributed by atoms with Gasteiger partial charge >= 0.3 is 11.9 Å². The molecule has 268 valence electrons. The number of unbranched alkanes of at least 4 members (excludes halogenated alkanes) is 24. The number of carboxylic acids is 2. The molecule has 0 aromatic carbocycles. The van der Waals surface area contributed by atoms with Gasteiger partial charge in [0.1, 0.15) is 0 Å². The smallest absolute Gasteiger partial charge is 0.306 e. The Labute approximate surface area is 299 Å². The number of hydrogen-bond donors (Lipinski definition) is 2. The molecule has 5 heteroatoms. The average molecular weight is 744 g/mol. The largest absolute Gasteiger partial charge is 0.481 e. The van der Waals surface area contributed by atoms with Gasteiger partial charge in [-0.05, 0) is 25.7 Å². The van der Waals surface area contributed by atoms with Crippen molar-refractivity contribution in [3.05, 3.63) is 0 Å². The first-order valence-electron chi connectivity index (χ1n) is 19.9. The summed E-state index contributed by atoms with van der Waals surface area (Å²) in [5.41, 5.74) is 0. The fourth-order valence-corrected chi connectivity index (χ4v) is 6.17. The van der Waals surface area contributed by atoms with Gasteiger partial charge in [0.05, 0.1) is 11.8 Å². The molecule has 0 aliphatic heterocycles. The van der Waals surface area contributed by atoms with Gasteiger partial charge in [0.15, 0.2) is 0 Å². The molecule has 0 heterocycles. The van der Waals surface area contributed by atoms with Gasteiger partial charge in [-0.3, -0.25) is 9.59 Å². The van der Waals surface area contributed by atoms with Crippen molar-refractivity contribution in [3.8, 4) is 0 Å². The number of rotatable bonds is 34. The summed E-state index contributed by atoms with van der Waals surface area (Å²) in [7, 11) is 0. The van der Waals surface area contributed by atoms with E-state index in [0.29, 0.717) is 0 Å². The van der Waals surface area contributed by atoms with Crippen molar-refractivity contribution < 1.29 is 19.8 Å². The summed E-state index contributed by atoms with van der Waals surface area (Å²) in [4.78, 5) is 22.6. The number of carbonyl (C=O) groups is 2. The maximum atomic E-state index is 11.3. The first-order valence-corrected chi connectivity index (χ1v) is 19.9. The van der Waals surface area contributed by atoms with E-state index >= 15 is 0 Å². The Bertz CT molecular complexity index is 533. The van der Waals surface area contributed by atoms with Crippen LogP contribution in [0.15, 0.2) is 0 Å². The van der Waals surface area contributed by atoms with Crippen molar-refractivity contribution in [1.29, 1.82) is 0 Å².